The lowest BCUT2D eigenvalue weighted by molar-refractivity contribution is -0.130. The number of hydrogen-bond donors (Lipinski definition) is 3. The number of rotatable bonds is 0. The van der Waals surface area contributed by atoms with Gasteiger partial charge in [0.25, 0.3) is 0 Å². The number of hydrogen-bond acceptors (Lipinski definition) is 6. The molecule has 2 bridgehead atoms. The van der Waals surface area contributed by atoms with Crippen molar-refractivity contribution < 1.29 is 23.1 Å². The molecule has 3 aromatic rings. The van der Waals surface area contributed by atoms with Gasteiger partial charge in [-0.2, -0.15) is 4.31 Å². The highest BCUT2D eigenvalue weighted by Gasteiger charge is 2.25. The summed E-state index contributed by atoms with van der Waals surface area (Å²) in [6, 6.07) is 11.5. The molecule has 1 aliphatic rings. The Hall–Kier alpha value is -3.70. The lowest BCUT2D eigenvalue weighted by Gasteiger charge is -2.22. The third kappa shape index (κ3) is 4.66. The standard InChI is InChI=1S/C23H25N5O5S/c1-27-10-9-20(29)25-12-15-5-3-8-19-22(15)18(23(31)26-19)13-24-16-6-4-7-17(11-16)34(32,33)28(2)14-21(27)30/h3-8,11,13,26,31H,9-10,12,14H2,1-2H3,(H,25,29). The molecule has 2 heterocycles. The van der Waals surface area contributed by atoms with Crippen molar-refractivity contribution in [1.29, 1.82) is 0 Å². The molecule has 10 nitrogen and oxygen atoms in total. The molecule has 11 heteroatoms. The van der Waals surface area contributed by atoms with Crippen LogP contribution in [-0.2, 0) is 26.2 Å². The van der Waals surface area contributed by atoms with Gasteiger partial charge in [-0.3, -0.25) is 14.6 Å². The normalized spacial score (nSPS) is 17.9. The Morgan fingerprint density at radius 1 is 1.09 bits per heavy atom. The molecule has 0 saturated carbocycles. The van der Waals surface area contributed by atoms with E-state index in [4.69, 9.17) is 0 Å². The number of aliphatic imine (C=N–C) groups is 1. The smallest absolute Gasteiger partial charge is 0.243 e. The van der Waals surface area contributed by atoms with E-state index in [-0.39, 0.29) is 42.7 Å². The van der Waals surface area contributed by atoms with Crippen LogP contribution in [0.2, 0.25) is 0 Å². The first kappa shape index (κ1) is 23.5. The number of nitrogens with zero attached hydrogens (tertiary/aromatic N) is 3. The number of aromatic amines is 1. The van der Waals surface area contributed by atoms with E-state index in [0.717, 1.165) is 9.87 Å². The van der Waals surface area contributed by atoms with Crippen molar-refractivity contribution in [2.75, 3.05) is 27.2 Å². The van der Waals surface area contributed by atoms with Crippen LogP contribution in [0.3, 0.4) is 0 Å². The predicted octanol–water partition coefficient (Wildman–Crippen LogP) is 1.72. The summed E-state index contributed by atoms with van der Waals surface area (Å²) in [6.07, 6.45) is 1.51. The van der Waals surface area contributed by atoms with Gasteiger partial charge in [0.05, 0.1) is 22.7 Å². The van der Waals surface area contributed by atoms with Crippen molar-refractivity contribution in [1.82, 2.24) is 19.5 Å². The minimum atomic E-state index is -3.95. The fourth-order valence-corrected chi connectivity index (χ4v) is 4.88. The zero-order valence-corrected chi connectivity index (χ0v) is 19.6. The van der Waals surface area contributed by atoms with E-state index in [2.05, 4.69) is 15.3 Å². The molecular formula is C23H25N5O5S. The molecule has 0 saturated heterocycles. The van der Waals surface area contributed by atoms with E-state index < -0.39 is 15.9 Å². The molecule has 0 atom stereocenters. The number of carbonyl (C=O) groups excluding carboxylic acids is 2. The Kier molecular flexibility index (Phi) is 6.40. The molecule has 0 radical (unpaired) electrons. The maximum absolute atomic E-state index is 13.0. The number of fused-ring (bicyclic) bond motifs is 2. The summed E-state index contributed by atoms with van der Waals surface area (Å²) in [5, 5.41) is 14.0. The number of aromatic nitrogens is 1. The Balaban J connectivity index is 1.81. The molecule has 34 heavy (non-hydrogen) atoms. The summed E-state index contributed by atoms with van der Waals surface area (Å²) in [5.74, 6) is -0.773. The summed E-state index contributed by atoms with van der Waals surface area (Å²) in [7, 11) is -1.10. The van der Waals surface area contributed by atoms with Crippen molar-refractivity contribution in [3.8, 4) is 5.88 Å². The largest absolute Gasteiger partial charge is 0.494 e. The average molecular weight is 484 g/mol. The molecule has 178 valence electrons. The van der Waals surface area contributed by atoms with Gasteiger partial charge >= 0.3 is 0 Å². The van der Waals surface area contributed by atoms with Crippen LogP contribution < -0.4 is 5.32 Å². The third-order valence-corrected chi connectivity index (χ3v) is 7.53. The van der Waals surface area contributed by atoms with Crippen LogP contribution in [0.5, 0.6) is 5.88 Å². The van der Waals surface area contributed by atoms with Gasteiger partial charge in [0.2, 0.25) is 21.8 Å². The lowest BCUT2D eigenvalue weighted by atomic mass is 10.1. The molecule has 2 amide bonds. The highest BCUT2D eigenvalue weighted by Crippen LogP contribution is 2.30. The van der Waals surface area contributed by atoms with E-state index in [0.29, 0.717) is 22.2 Å². The summed E-state index contributed by atoms with van der Waals surface area (Å²) in [5.41, 5.74) is 2.23. The van der Waals surface area contributed by atoms with Crippen molar-refractivity contribution in [3.05, 3.63) is 53.6 Å². The SMILES string of the molecule is CN1CCC(=O)NCc2cccc3[nH]c(O)c(c23)C=Nc2cccc(c2)S(=O)(=O)N(C)CC1=O. The van der Waals surface area contributed by atoms with E-state index >= 15 is 0 Å². The van der Waals surface area contributed by atoms with Gasteiger partial charge in [0.1, 0.15) is 0 Å². The molecule has 0 fully saturated rings. The Labute approximate surface area is 197 Å². The zero-order chi connectivity index (χ0) is 24.5. The summed E-state index contributed by atoms with van der Waals surface area (Å²) < 4.78 is 27.0. The summed E-state index contributed by atoms with van der Waals surface area (Å²) in [6.45, 7) is 0.0000518. The number of nitrogens with one attached hydrogen (secondary N) is 2. The highest BCUT2D eigenvalue weighted by atomic mass is 32.2. The second-order valence-electron chi connectivity index (χ2n) is 8.09. The molecule has 2 aromatic carbocycles. The fraction of sp³-hybridized carbons (Fsp3) is 0.261. The monoisotopic (exact) mass is 483 g/mol. The van der Waals surface area contributed by atoms with Crippen molar-refractivity contribution >= 4 is 44.6 Å². The van der Waals surface area contributed by atoms with Crippen LogP contribution in [0.25, 0.3) is 10.9 Å². The van der Waals surface area contributed by atoms with Crippen LogP contribution >= 0.6 is 0 Å². The van der Waals surface area contributed by atoms with Gasteiger partial charge in [-0.25, -0.2) is 8.42 Å². The number of sulfonamides is 1. The predicted molar refractivity (Wildman–Crippen MR) is 128 cm³/mol. The number of benzene rings is 2. The number of likely N-dealkylation sites (N-methyl/N-ethyl adjacent to an activating group) is 2. The molecule has 4 rings (SSSR count). The fourth-order valence-electron chi connectivity index (χ4n) is 3.72. The zero-order valence-electron chi connectivity index (χ0n) is 18.8. The first-order valence-corrected chi connectivity index (χ1v) is 12.0. The maximum atomic E-state index is 13.0. The van der Waals surface area contributed by atoms with Crippen molar-refractivity contribution in [3.63, 3.8) is 0 Å². The summed E-state index contributed by atoms with van der Waals surface area (Å²) >= 11 is 0. The van der Waals surface area contributed by atoms with Crippen LogP contribution in [-0.4, -0.2) is 72.9 Å². The number of aromatic hydroxyl groups is 1. The minimum Gasteiger partial charge on any atom is -0.494 e. The Bertz CT molecular complexity index is 1400. The number of amides is 2. The second kappa shape index (κ2) is 9.27. The molecule has 0 unspecified atom stereocenters. The van der Waals surface area contributed by atoms with Crippen LogP contribution in [0.15, 0.2) is 52.4 Å². The van der Waals surface area contributed by atoms with Crippen LogP contribution in [0, 0.1) is 0 Å². The molecule has 1 aromatic heterocycles. The number of carbonyl (C=O) groups is 2. The Morgan fingerprint density at radius 3 is 2.65 bits per heavy atom. The number of H-pyrrole nitrogens is 1. The molecule has 0 spiro atoms. The van der Waals surface area contributed by atoms with Crippen LogP contribution in [0.1, 0.15) is 17.5 Å². The van der Waals surface area contributed by atoms with Crippen LogP contribution in [0.4, 0.5) is 5.69 Å². The van der Waals surface area contributed by atoms with Gasteiger partial charge in [0.15, 0.2) is 5.88 Å². The topological polar surface area (TPSA) is 135 Å². The summed E-state index contributed by atoms with van der Waals surface area (Å²) in [4.78, 5) is 33.5. The van der Waals surface area contributed by atoms with Crippen molar-refractivity contribution in [2.45, 2.75) is 17.9 Å². The van der Waals surface area contributed by atoms with E-state index in [9.17, 15) is 23.1 Å². The van der Waals surface area contributed by atoms with Gasteiger partial charge in [-0.1, -0.05) is 18.2 Å². The minimum absolute atomic E-state index is 0.00978. The van der Waals surface area contributed by atoms with Crippen molar-refractivity contribution in [2.24, 2.45) is 4.99 Å². The maximum Gasteiger partial charge on any atom is 0.243 e. The van der Waals surface area contributed by atoms with Gasteiger partial charge < -0.3 is 20.3 Å². The molecule has 1 aliphatic heterocycles. The average Bonchev–Trinajstić information content (AvgIpc) is 3.14. The van der Waals surface area contributed by atoms with E-state index in [1.165, 1.54) is 37.3 Å². The Morgan fingerprint density at radius 2 is 1.85 bits per heavy atom. The second-order valence-corrected chi connectivity index (χ2v) is 10.1. The first-order chi connectivity index (χ1) is 16.2. The van der Waals surface area contributed by atoms with E-state index in [1.54, 1.807) is 18.2 Å². The van der Waals surface area contributed by atoms with Gasteiger partial charge in [0, 0.05) is 50.7 Å². The quantitative estimate of drug-likeness (QED) is 0.448. The molecular weight excluding hydrogens is 458 g/mol. The third-order valence-electron chi connectivity index (χ3n) is 5.73. The van der Waals surface area contributed by atoms with E-state index in [1.807, 2.05) is 12.1 Å². The molecule has 3 N–H and O–H groups in total. The first-order valence-electron chi connectivity index (χ1n) is 10.6. The molecule has 0 aliphatic carbocycles. The van der Waals surface area contributed by atoms with Gasteiger partial charge in [-0.05, 0) is 29.8 Å². The lowest BCUT2D eigenvalue weighted by Crippen LogP contribution is -2.40. The highest BCUT2D eigenvalue weighted by molar-refractivity contribution is 7.89. The van der Waals surface area contributed by atoms with Gasteiger partial charge in [-0.15, -0.1) is 0 Å².